The summed E-state index contributed by atoms with van der Waals surface area (Å²) in [5, 5.41) is 11.8. The molecule has 178 valence electrons. The Morgan fingerprint density at radius 3 is 2.64 bits per heavy atom. The number of anilines is 2. The van der Waals surface area contributed by atoms with Crippen LogP contribution in [0, 0.1) is 11.9 Å². The Labute approximate surface area is 198 Å². The van der Waals surface area contributed by atoms with E-state index in [1.54, 1.807) is 12.1 Å². The van der Waals surface area contributed by atoms with Crippen molar-refractivity contribution in [3.05, 3.63) is 36.4 Å². The molecule has 2 aromatic rings. The van der Waals surface area contributed by atoms with Crippen LogP contribution >= 0.6 is 12.4 Å². The van der Waals surface area contributed by atoms with Crippen molar-refractivity contribution in [1.29, 1.82) is 0 Å². The maximum atomic E-state index is 14.0. The molecule has 0 aromatic carbocycles. The van der Waals surface area contributed by atoms with Gasteiger partial charge in [-0.25, -0.2) is 9.78 Å². The van der Waals surface area contributed by atoms with Crippen LogP contribution in [0.15, 0.2) is 30.5 Å². The van der Waals surface area contributed by atoms with Crippen LogP contribution in [0.1, 0.15) is 51.4 Å². The number of pyridine rings is 1. The van der Waals surface area contributed by atoms with Crippen LogP contribution in [0.25, 0.3) is 0 Å². The van der Waals surface area contributed by atoms with E-state index in [-0.39, 0.29) is 24.2 Å². The van der Waals surface area contributed by atoms with Gasteiger partial charge in [0, 0.05) is 18.8 Å². The molecule has 33 heavy (non-hydrogen) atoms. The summed E-state index contributed by atoms with van der Waals surface area (Å²) in [5.74, 6) is 1.11. The van der Waals surface area contributed by atoms with Gasteiger partial charge in [-0.3, -0.25) is 4.90 Å². The van der Waals surface area contributed by atoms with Gasteiger partial charge in [0.05, 0.1) is 6.54 Å². The minimum absolute atomic E-state index is 0. The van der Waals surface area contributed by atoms with Crippen molar-refractivity contribution in [2.75, 3.05) is 23.3 Å². The van der Waals surface area contributed by atoms with E-state index in [4.69, 9.17) is 9.47 Å². The minimum Gasteiger partial charge on any atom is -0.473 e. The van der Waals surface area contributed by atoms with E-state index in [1.165, 1.54) is 23.9 Å². The molecule has 1 aliphatic heterocycles. The zero-order chi connectivity index (χ0) is 22.0. The third-order valence-electron chi connectivity index (χ3n) is 6.82. The molecule has 0 unspecified atom stereocenters. The second kappa shape index (κ2) is 10.1. The van der Waals surface area contributed by atoms with E-state index in [1.807, 2.05) is 12.1 Å². The number of aromatic nitrogens is 3. The van der Waals surface area contributed by atoms with Crippen LogP contribution in [0.3, 0.4) is 0 Å². The molecule has 0 atom stereocenters. The zero-order valence-corrected chi connectivity index (χ0v) is 19.2. The molecular weight excluding hydrogens is 449 g/mol. The summed E-state index contributed by atoms with van der Waals surface area (Å²) in [6, 6.07) is 6.95. The number of ether oxygens (including phenoxy) is 2. The van der Waals surface area contributed by atoms with E-state index in [9.17, 15) is 9.18 Å². The molecule has 8 nitrogen and oxygen atoms in total. The van der Waals surface area contributed by atoms with Crippen LogP contribution in [0.5, 0.6) is 5.88 Å². The van der Waals surface area contributed by atoms with Crippen molar-refractivity contribution in [1.82, 2.24) is 15.2 Å². The van der Waals surface area contributed by atoms with Gasteiger partial charge in [0.15, 0.2) is 0 Å². The summed E-state index contributed by atoms with van der Waals surface area (Å²) in [5.41, 5.74) is -0.369. The highest BCUT2D eigenvalue weighted by molar-refractivity contribution is 5.90. The fraction of sp³-hybridized carbons (Fsp3) is 0.565. The third-order valence-corrected chi connectivity index (χ3v) is 6.82. The highest BCUT2D eigenvalue weighted by Gasteiger charge is 2.48. The summed E-state index contributed by atoms with van der Waals surface area (Å²) >= 11 is 0. The van der Waals surface area contributed by atoms with E-state index in [0.717, 1.165) is 50.9 Å². The molecule has 1 spiro atoms. The molecule has 10 heteroatoms. The van der Waals surface area contributed by atoms with E-state index < -0.39 is 17.6 Å². The fourth-order valence-electron chi connectivity index (χ4n) is 4.96. The topological polar surface area (TPSA) is 89.5 Å². The molecule has 1 saturated heterocycles. The quantitative estimate of drug-likeness (QED) is 0.600. The highest BCUT2D eigenvalue weighted by atomic mass is 35.5. The Morgan fingerprint density at radius 1 is 1.15 bits per heavy atom. The van der Waals surface area contributed by atoms with Gasteiger partial charge in [-0.05, 0) is 75.5 Å². The van der Waals surface area contributed by atoms with Crippen LogP contribution in [-0.2, 0) is 4.74 Å². The number of nitrogens with zero attached hydrogens (tertiary/aromatic N) is 4. The first-order chi connectivity index (χ1) is 15.6. The SMILES string of the molecule is Cl.O=C1O[C@]2(CC[C@H](CNc3ccc(OC4CCCC4)nn3)CC2)CN1c1cccnc1F. The van der Waals surface area contributed by atoms with Gasteiger partial charge in [-0.1, -0.05) is 0 Å². The average Bonchev–Trinajstić information content (AvgIpc) is 3.43. The van der Waals surface area contributed by atoms with Crippen molar-refractivity contribution >= 4 is 30.0 Å². The van der Waals surface area contributed by atoms with Crippen molar-refractivity contribution in [2.24, 2.45) is 5.92 Å². The van der Waals surface area contributed by atoms with E-state index in [0.29, 0.717) is 18.3 Å². The summed E-state index contributed by atoms with van der Waals surface area (Å²) in [6.45, 7) is 1.14. The van der Waals surface area contributed by atoms with Crippen molar-refractivity contribution in [3.8, 4) is 5.88 Å². The molecule has 0 radical (unpaired) electrons. The maximum absolute atomic E-state index is 14.0. The predicted octanol–water partition coefficient (Wildman–Crippen LogP) is 4.75. The average molecular weight is 478 g/mol. The highest BCUT2D eigenvalue weighted by Crippen LogP contribution is 2.41. The van der Waals surface area contributed by atoms with E-state index in [2.05, 4.69) is 20.5 Å². The molecule has 1 amide bonds. The molecule has 3 heterocycles. The Bertz CT molecular complexity index is 949. The molecule has 2 saturated carbocycles. The predicted molar refractivity (Wildman–Crippen MR) is 123 cm³/mol. The van der Waals surface area contributed by atoms with Crippen LogP contribution < -0.4 is 15.0 Å². The summed E-state index contributed by atoms with van der Waals surface area (Å²) < 4.78 is 25.6. The molecule has 1 N–H and O–H groups in total. The van der Waals surface area contributed by atoms with Gasteiger partial charge in [0.1, 0.15) is 23.2 Å². The monoisotopic (exact) mass is 477 g/mol. The second-order valence-corrected chi connectivity index (χ2v) is 9.06. The molecule has 3 aliphatic rings. The molecule has 0 bridgehead atoms. The van der Waals surface area contributed by atoms with Crippen LogP contribution in [-0.4, -0.2) is 46.1 Å². The van der Waals surface area contributed by atoms with E-state index >= 15 is 0 Å². The van der Waals surface area contributed by atoms with Gasteiger partial charge in [0.25, 0.3) is 0 Å². The number of amides is 1. The van der Waals surface area contributed by atoms with Gasteiger partial charge in [-0.2, -0.15) is 4.39 Å². The Balaban J connectivity index is 0.00000259. The lowest BCUT2D eigenvalue weighted by molar-refractivity contribution is 0.0148. The van der Waals surface area contributed by atoms with Gasteiger partial charge in [0.2, 0.25) is 11.8 Å². The number of hydrogen-bond donors (Lipinski definition) is 1. The summed E-state index contributed by atoms with van der Waals surface area (Å²) in [7, 11) is 0. The molecule has 5 rings (SSSR count). The first kappa shape index (κ1) is 23.5. The number of hydrogen-bond acceptors (Lipinski definition) is 7. The fourth-order valence-corrected chi connectivity index (χ4v) is 4.96. The van der Waals surface area contributed by atoms with Crippen molar-refractivity contribution in [2.45, 2.75) is 63.1 Å². The van der Waals surface area contributed by atoms with Crippen molar-refractivity contribution in [3.63, 3.8) is 0 Å². The number of carbonyl (C=O) groups excluding carboxylic acids is 1. The first-order valence-corrected chi connectivity index (χ1v) is 11.5. The number of nitrogens with one attached hydrogen (secondary N) is 1. The molecule has 2 aromatic heterocycles. The zero-order valence-electron chi connectivity index (χ0n) is 18.4. The smallest absolute Gasteiger partial charge is 0.415 e. The number of halogens is 2. The third kappa shape index (κ3) is 5.29. The van der Waals surface area contributed by atoms with Gasteiger partial charge < -0.3 is 14.8 Å². The Hall–Kier alpha value is -2.68. The first-order valence-electron chi connectivity index (χ1n) is 11.5. The number of carbonyl (C=O) groups is 1. The van der Waals surface area contributed by atoms with Gasteiger partial charge >= 0.3 is 6.09 Å². The van der Waals surface area contributed by atoms with Crippen molar-refractivity contribution < 1.29 is 18.7 Å². The van der Waals surface area contributed by atoms with Crippen LogP contribution in [0.2, 0.25) is 0 Å². The second-order valence-electron chi connectivity index (χ2n) is 9.06. The normalized spacial score (nSPS) is 25.1. The van der Waals surface area contributed by atoms with Gasteiger partial charge in [-0.15, -0.1) is 22.6 Å². The Morgan fingerprint density at radius 2 is 1.94 bits per heavy atom. The molecular formula is C23H29ClFN5O3. The lowest BCUT2D eigenvalue weighted by Crippen LogP contribution is -2.39. The maximum Gasteiger partial charge on any atom is 0.415 e. The molecule has 3 fully saturated rings. The Kier molecular flexibility index (Phi) is 7.17. The molecule has 2 aliphatic carbocycles. The lowest BCUT2D eigenvalue weighted by Gasteiger charge is -2.35. The summed E-state index contributed by atoms with van der Waals surface area (Å²) in [6.07, 6.45) is 9.11. The van der Waals surface area contributed by atoms with Crippen LogP contribution in [0.4, 0.5) is 20.7 Å². The number of rotatable bonds is 6. The summed E-state index contributed by atoms with van der Waals surface area (Å²) in [4.78, 5) is 17.4. The standard InChI is InChI=1S/C23H28FN5O3.ClH/c24-21-18(6-3-13-25-21)29-15-23(32-22(29)30)11-9-16(10-12-23)14-26-19-7-8-20(28-27-19)31-17-4-1-2-5-17;/h3,6-8,13,16-17H,1-2,4-5,9-12,14-15H2,(H,26,27);1H/t16-,23-;. The lowest BCUT2D eigenvalue weighted by atomic mass is 9.78. The largest absolute Gasteiger partial charge is 0.473 e. The minimum atomic E-state index is -0.653.